The Kier molecular flexibility index (Phi) is 4.25. The average molecular weight is 373 g/mol. The number of carbonyl (C=O) groups is 1. The van der Waals surface area contributed by atoms with Crippen LogP contribution in [0, 0.1) is 39.9 Å². The van der Waals surface area contributed by atoms with Gasteiger partial charge in [-0.1, -0.05) is 25.5 Å². The number of hydrogen-bond donors (Lipinski definition) is 2. The molecule has 0 spiro atoms. The molecule has 0 aromatic carbocycles. The molecular formula is C22H31NO4. The Balaban J connectivity index is 1.63. The highest BCUT2D eigenvalue weighted by molar-refractivity contribution is 5.66. The number of fused-ring (bicyclic) bond motifs is 5. The SMILES string of the molecule is CC(=O)O[C@@H]1CC[C@@]2(C)C(=CC[C@@H]3[C@H]4C[C@@H](O)[C@](O)(C#N)[C@@]4(C)CC[C@@H]32)C1. The van der Waals surface area contributed by atoms with Crippen molar-refractivity contribution in [2.45, 2.75) is 83.5 Å². The molecule has 3 saturated carbocycles. The molecule has 0 aromatic rings. The van der Waals surface area contributed by atoms with Crippen molar-refractivity contribution in [2.24, 2.45) is 28.6 Å². The van der Waals surface area contributed by atoms with Gasteiger partial charge in [0.15, 0.2) is 5.60 Å². The first-order valence-electron chi connectivity index (χ1n) is 10.3. The van der Waals surface area contributed by atoms with Gasteiger partial charge in [-0.2, -0.15) is 5.26 Å². The monoisotopic (exact) mass is 373 g/mol. The Bertz CT molecular complexity index is 726. The van der Waals surface area contributed by atoms with Crippen LogP contribution in [-0.2, 0) is 9.53 Å². The van der Waals surface area contributed by atoms with E-state index in [9.17, 15) is 20.3 Å². The fraction of sp³-hybridized carbons (Fsp3) is 0.818. The minimum absolute atomic E-state index is 0.00999. The van der Waals surface area contributed by atoms with E-state index in [1.807, 2.05) is 6.92 Å². The summed E-state index contributed by atoms with van der Waals surface area (Å²) < 4.78 is 5.48. The lowest BCUT2D eigenvalue weighted by Crippen LogP contribution is -2.56. The van der Waals surface area contributed by atoms with Gasteiger partial charge in [0.25, 0.3) is 0 Å². The van der Waals surface area contributed by atoms with Crippen molar-refractivity contribution in [3.05, 3.63) is 11.6 Å². The van der Waals surface area contributed by atoms with E-state index in [0.29, 0.717) is 18.3 Å². The molecule has 4 aliphatic rings. The van der Waals surface area contributed by atoms with Crippen LogP contribution in [0.5, 0.6) is 0 Å². The van der Waals surface area contributed by atoms with Crippen molar-refractivity contribution in [2.75, 3.05) is 0 Å². The van der Waals surface area contributed by atoms with E-state index in [2.05, 4.69) is 19.1 Å². The van der Waals surface area contributed by atoms with Crippen LogP contribution in [0.25, 0.3) is 0 Å². The molecule has 4 rings (SSSR count). The second-order valence-electron chi connectivity index (χ2n) is 9.82. The van der Waals surface area contributed by atoms with Gasteiger partial charge in [0.1, 0.15) is 12.2 Å². The van der Waals surface area contributed by atoms with E-state index in [-0.39, 0.29) is 23.4 Å². The largest absolute Gasteiger partial charge is 0.462 e. The second-order valence-corrected chi connectivity index (χ2v) is 9.82. The Morgan fingerprint density at radius 3 is 2.70 bits per heavy atom. The van der Waals surface area contributed by atoms with Gasteiger partial charge in [0.2, 0.25) is 0 Å². The number of nitriles is 1. The van der Waals surface area contributed by atoms with E-state index in [1.54, 1.807) is 0 Å². The van der Waals surface area contributed by atoms with Crippen molar-refractivity contribution in [3.8, 4) is 6.07 Å². The van der Waals surface area contributed by atoms with Crippen LogP contribution in [0.4, 0.5) is 0 Å². The van der Waals surface area contributed by atoms with Crippen LogP contribution in [0.15, 0.2) is 11.6 Å². The molecule has 5 nitrogen and oxygen atoms in total. The molecule has 0 saturated heterocycles. The fourth-order valence-electron chi connectivity index (χ4n) is 7.18. The van der Waals surface area contributed by atoms with Crippen LogP contribution in [-0.4, -0.2) is 34.0 Å². The van der Waals surface area contributed by atoms with E-state index in [1.165, 1.54) is 12.5 Å². The Morgan fingerprint density at radius 2 is 2.04 bits per heavy atom. The lowest BCUT2D eigenvalue weighted by Gasteiger charge is -2.58. The number of carbonyl (C=O) groups excluding carboxylic acids is 1. The van der Waals surface area contributed by atoms with Crippen molar-refractivity contribution in [1.82, 2.24) is 0 Å². The van der Waals surface area contributed by atoms with Crippen LogP contribution in [0.1, 0.15) is 65.7 Å². The van der Waals surface area contributed by atoms with Crippen LogP contribution in [0.3, 0.4) is 0 Å². The molecule has 0 unspecified atom stereocenters. The van der Waals surface area contributed by atoms with Crippen molar-refractivity contribution >= 4 is 5.97 Å². The molecule has 0 aliphatic heterocycles. The van der Waals surface area contributed by atoms with Gasteiger partial charge in [-0.05, 0) is 61.7 Å². The van der Waals surface area contributed by atoms with Crippen molar-refractivity contribution < 1.29 is 19.7 Å². The van der Waals surface area contributed by atoms with Crippen LogP contribution in [0.2, 0.25) is 0 Å². The summed E-state index contributed by atoms with van der Waals surface area (Å²) in [6.07, 6.45) is 7.27. The maximum atomic E-state index is 11.3. The molecule has 148 valence electrons. The number of nitrogens with zero attached hydrogens (tertiary/aromatic N) is 1. The lowest BCUT2D eigenvalue weighted by molar-refractivity contribution is -0.149. The maximum Gasteiger partial charge on any atom is 0.302 e. The Hall–Kier alpha value is -1.38. The average Bonchev–Trinajstić information content (AvgIpc) is 2.82. The lowest BCUT2D eigenvalue weighted by atomic mass is 9.47. The molecule has 0 amide bonds. The fourth-order valence-corrected chi connectivity index (χ4v) is 7.18. The van der Waals surface area contributed by atoms with Crippen LogP contribution < -0.4 is 0 Å². The summed E-state index contributed by atoms with van der Waals surface area (Å²) in [5, 5.41) is 31.1. The Labute approximate surface area is 161 Å². The standard InChI is InChI=1S/C22H31NO4/c1-13(24)27-15-6-8-20(2)14(10-15)4-5-16-17(20)7-9-21(3)18(16)11-19(25)22(21,26)12-23/h4,15-19,25-26H,5-11H2,1-3H3/t15-,16+,17+,18-,19-,20+,21+,22-/m1/s1. The zero-order valence-corrected chi connectivity index (χ0v) is 16.6. The number of allylic oxidation sites excluding steroid dienone is 1. The summed E-state index contributed by atoms with van der Waals surface area (Å²) in [5.74, 6) is 0.848. The number of rotatable bonds is 1. The number of esters is 1. The first-order valence-corrected chi connectivity index (χ1v) is 10.3. The quantitative estimate of drug-likeness (QED) is 0.419. The van der Waals surface area contributed by atoms with Crippen molar-refractivity contribution in [3.63, 3.8) is 0 Å². The van der Waals surface area contributed by atoms with Gasteiger partial charge >= 0.3 is 5.97 Å². The molecule has 0 bridgehead atoms. The summed E-state index contributed by atoms with van der Waals surface area (Å²) in [6, 6.07) is 2.06. The Morgan fingerprint density at radius 1 is 1.30 bits per heavy atom. The van der Waals surface area contributed by atoms with E-state index in [4.69, 9.17) is 4.74 Å². The summed E-state index contributed by atoms with van der Waals surface area (Å²) in [6.45, 7) is 5.83. The molecule has 3 fully saturated rings. The smallest absolute Gasteiger partial charge is 0.302 e. The number of hydrogen-bond acceptors (Lipinski definition) is 5. The topological polar surface area (TPSA) is 90.6 Å². The third kappa shape index (κ3) is 2.46. The first kappa shape index (κ1) is 19.0. The second kappa shape index (κ2) is 6.06. The summed E-state index contributed by atoms with van der Waals surface area (Å²) >= 11 is 0. The number of ether oxygens (including phenoxy) is 1. The van der Waals surface area contributed by atoms with Crippen molar-refractivity contribution in [1.29, 1.82) is 5.26 Å². The van der Waals surface area contributed by atoms with Gasteiger partial charge < -0.3 is 14.9 Å². The molecule has 0 radical (unpaired) electrons. The minimum Gasteiger partial charge on any atom is -0.462 e. The van der Waals surface area contributed by atoms with E-state index < -0.39 is 17.1 Å². The highest BCUT2D eigenvalue weighted by atomic mass is 16.5. The zero-order chi connectivity index (χ0) is 19.6. The summed E-state index contributed by atoms with van der Waals surface area (Å²) in [5.41, 5.74) is -0.669. The molecule has 8 atom stereocenters. The van der Waals surface area contributed by atoms with Crippen LogP contribution >= 0.6 is 0 Å². The summed E-state index contributed by atoms with van der Waals surface area (Å²) in [4.78, 5) is 11.3. The highest BCUT2D eigenvalue weighted by Gasteiger charge is 2.67. The van der Waals surface area contributed by atoms with Gasteiger partial charge in [0, 0.05) is 18.8 Å². The molecule has 4 aliphatic carbocycles. The summed E-state index contributed by atoms with van der Waals surface area (Å²) in [7, 11) is 0. The first-order chi connectivity index (χ1) is 12.7. The predicted molar refractivity (Wildman–Crippen MR) is 99.2 cm³/mol. The molecule has 5 heteroatoms. The molecule has 0 aromatic heterocycles. The third-order valence-corrected chi connectivity index (χ3v) is 8.78. The number of aliphatic hydroxyl groups is 2. The van der Waals surface area contributed by atoms with Gasteiger partial charge in [0.05, 0.1) is 6.10 Å². The van der Waals surface area contributed by atoms with Gasteiger partial charge in [-0.25, -0.2) is 0 Å². The third-order valence-electron chi connectivity index (χ3n) is 8.78. The van der Waals surface area contributed by atoms with Gasteiger partial charge in [-0.15, -0.1) is 0 Å². The minimum atomic E-state index is -1.64. The number of aliphatic hydroxyl groups excluding tert-OH is 1. The van der Waals surface area contributed by atoms with E-state index >= 15 is 0 Å². The normalized spacial score (nSPS) is 51.3. The van der Waals surface area contributed by atoms with Gasteiger partial charge in [-0.3, -0.25) is 4.79 Å². The maximum absolute atomic E-state index is 11.3. The zero-order valence-electron chi connectivity index (χ0n) is 16.6. The molecule has 2 N–H and O–H groups in total. The van der Waals surface area contributed by atoms with E-state index in [0.717, 1.165) is 38.5 Å². The molecular weight excluding hydrogens is 342 g/mol. The highest BCUT2D eigenvalue weighted by Crippen LogP contribution is 2.67. The molecule has 0 heterocycles. The molecule has 27 heavy (non-hydrogen) atoms. The predicted octanol–water partition coefficient (Wildman–Crippen LogP) is 3.11.